The molecule has 0 unspecified atom stereocenters. The summed E-state index contributed by atoms with van der Waals surface area (Å²) in [6, 6.07) is 23.4. The van der Waals surface area contributed by atoms with Gasteiger partial charge in [0.05, 0.1) is 9.79 Å². The molecule has 4 aromatic rings. The summed E-state index contributed by atoms with van der Waals surface area (Å²) in [6.07, 6.45) is -1.63. The van der Waals surface area contributed by atoms with Gasteiger partial charge in [-0.05, 0) is 59.7 Å². The second-order valence-electron chi connectivity index (χ2n) is 11.1. The quantitative estimate of drug-likeness (QED) is 0.0879. The van der Waals surface area contributed by atoms with Crippen LogP contribution in [0.4, 0.5) is 11.4 Å². The standard InChI is InChI=1S/C30H32N2O14S5/c33-47(34,25-15-11-23(12-16-25)31-29(50(41,42)43)19-27(48(35,36)37)21-7-3-1-4-8-21)26-17-13-24(14-18-26)32-30(51(44,45)46)20-28(49(38,39)40)22-9-5-2-6-10-22/h1-18,27-32H,19-20H2,(H,35,36,37)(H,38,39,40)(H,41,42,43)(H,44,45,46)/t27-,28-,29-,30+/m1/s1. The zero-order valence-electron chi connectivity index (χ0n) is 26.0. The summed E-state index contributed by atoms with van der Waals surface area (Å²) in [5, 5.41) is -2.49. The number of hydrogen-bond donors (Lipinski definition) is 6. The van der Waals surface area contributed by atoms with Gasteiger partial charge in [0.15, 0.2) is 10.7 Å². The van der Waals surface area contributed by atoms with Crippen LogP contribution in [0.5, 0.6) is 0 Å². The van der Waals surface area contributed by atoms with Gasteiger partial charge < -0.3 is 10.6 Å². The van der Waals surface area contributed by atoms with E-state index in [1.807, 2.05) is 0 Å². The number of anilines is 2. The van der Waals surface area contributed by atoms with Crippen molar-refractivity contribution >= 4 is 61.7 Å². The largest absolute Gasteiger partial charge is 0.367 e. The molecule has 0 aliphatic carbocycles. The first kappa shape index (κ1) is 39.8. The first-order valence-electron chi connectivity index (χ1n) is 14.5. The van der Waals surface area contributed by atoms with E-state index in [-0.39, 0.29) is 32.3 Å². The lowest BCUT2D eigenvalue weighted by Crippen LogP contribution is -2.33. The number of benzene rings is 4. The second-order valence-corrected chi connectivity index (χ2v) is 19.5. The maximum Gasteiger partial charge on any atom is 0.286 e. The second kappa shape index (κ2) is 15.4. The van der Waals surface area contributed by atoms with Crippen molar-refractivity contribution in [3.63, 3.8) is 0 Å². The van der Waals surface area contributed by atoms with Crippen molar-refractivity contribution in [2.75, 3.05) is 10.6 Å². The molecule has 0 aliphatic heterocycles. The zero-order valence-corrected chi connectivity index (χ0v) is 30.1. The normalized spacial score (nSPS) is 15.3. The Labute approximate surface area is 295 Å². The van der Waals surface area contributed by atoms with Crippen LogP contribution in [0.25, 0.3) is 0 Å². The Morgan fingerprint density at radius 2 is 0.706 bits per heavy atom. The molecule has 0 amide bonds. The number of sulfone groups is 1. The summed E-state index contributed by atoms with van der Waals surface area (Å²) in [4.78, 5) is -0.570. The topological polar surface area (TPSA) is 276 Å². The smallest absolute Gasteiger partial charge is 0.286 e. The van der Waals surface area contributed by atoms with Gasteiger partial charge in [-0.1, -0.05) is 60.7 Å². The highest BCUT2D eigenvalue weighted by atomic mass is 32.2. The summed E-state index contributed by atoms with van der Waals surface area (Å²) in [5.41, 5.74) is 0.0450. The van der Waals surface area contributed by atoms with Gasteiger partial charge >= 0.3 is 0 Å². The molecule has 0 spiro atoms. The van der Waals surface area contributed by atoms with E-state index in [1.54, 1.807) is 12.1 Å². The maximum atomic E-state index is 13.3. The third-order valence-corrected chi connectivity index (χ3v) is 13.8. The molecule has 0 fully saturated rings. The number of nitrogens with one attached hydrogen (secondary N) is 2. The van der Waals surface area contributed by atoms with Gasteiger partial charge in [-0.3, -0.25) is 18.2 Å². The predicted octanol–water partition coefficient (Wildman–Crippen LogP) is 3.81. The molecule has 0 radical (unpaired) electrons. The molecule has 276 valence electrons. The van der Waals surface area contributed by atoms with Crippen molar-refractivity contribution < 1.29 is 60.3 Å². The summed E-state index contributed by atoms with van der Waals surface area (Å²) in [7, 11) is -23.9. The molecule has 21 heteroatoms. The number of hydrogen-bond acceptors (Lipinski definition) is 12. The Morgan fingerprint density at radius 3 is 0.961 bits per heavy atom. The average molecular weight is 805 g/mol. The molecule has 0 bridgehead atoms. The van der Waals surface area contributed by atoms with Crippen molar-refractivity contribution in [3.05, 3.63) is 120 Å². The van der Waals surface area contributed by atoms with Crippen molar-refractivity contribution in [2.24, 2.45) is 0 Å². The highest BCUT2D eigenvalue weighted by molar-refractivity contribution is 7.91. The van der Waals surface area contributed by atoms with E-state index in [9.17, 15) is 60.3 Å². The Kier molecular flexibility index (Phi) is 12.0. The molecule has 4 aromatic carbocycles. The van der Waals surface area contributed by atoms with Crippen LogP contribution in [0.1, 0.15) is 34.5 Å². The van der Waals surface area contributed by atoms with Gasteiger partial charge in [-0.2, -0.15) is 33.7 Å². The van der Waals surface area contributed by atoms with Gasteiger partial charge in [0.25, 0.3) is 40.5 Å². The van der Waals surface area contributed by atoms with Crippen LogP contribution in [-0.4, -0.2) is 71.0 Å². The summed E-state index contributed by atoms with van der Waals surface area (Å²) >= 11 is 0. The molecular weight excluding hydrogens is 773 g/mol. The van der Waals surface area contributed by atoms with E-state index in [0.29, 0.717) is 0 Å². The fourth-order valence-electron chi connectivity index (χ4n) is 5.06. The average Bonchev–Trinajstić information content (AvgIpc) is 3.04. The lowest BCUT2D eigenvalue weighted by atomic mass is 10.1. The first-order valence-corrected chi connectivity index (χ1v) is 22.0. The molecule has 51 heavy (non-hydrogen) atoms. The van der Waals surface area contributed by atoms with Crippen LogP contribution in [0.15, 0.2) is 119 Å². The highest BCUT2D eigenvalue weighted by Crippen LogP contribution is 2.32. The fourth-order valence-corrected chi connectivity index (χ4v) is 9.88. The molecule has 0 saturated heterocycles. The van der Waals surface area contributed by atoms with E-state index >= 15 is 0 Å². The molecule has 0 heterocycles. The van der Waals surface area contributed by atoms with E-state index in [2.05, 4.69) is 10.6 Å². The van der Waals surface area contributed by atoms with E-state index < -0.39 is 84.4 Å². The molecular formula is C30H32N2O14S5. The minimum atomic E-state index is -4.96. The molecule has 16 nitrogen and oxygen atoms in total. The van der Waals surface area contributed by atoms with Crippen molar-refractivity contribution in [1.82, 2.24) is 0 Å². The van der Waals surface area contributed by atoms with Gasteiger partial charge in [-0.25, -0.2) is 8.42 Å². The van der Waals surface area contributed by atoms with Crippen LogP contribution in [0, 0.1) is 0 Å². The molecule has 0 saturated carbocycles. The summed E-state index contributed by atoms with van der Waals surface area (Å²) in [5.74, 6) is 0. The minimum absolute atomic E-state index is 0.0340. The lowest BCUT2D eigenvalue weighted by molar-refractivity contribution is 0.448. The van der Waals surface area contributed by atoms with Crippen LogP contribution in [0.3, 0.4) is 0 Å². The summed E-state index contributed by atoms with van der Waals surface area (Å²) in [6.45, 7) is 0. The fraction of sp³-hybridized carbons (Fsp3) is 0.200. The van der Waals surface area contributed by atoms with Gasteiger partial charge in [0.1, 0.15) is 10.5 Å². The molecule has 4 rings (SSSR count). The Morgan fingerprint density at radius 1 is 0.412 bits per heavy atom. The van der Waals surface area contributed by atoms with Crippen molar-refractivity contribution in [1.29, 1.82) is 0 Å². The van der Waals surface area contributed by atoms with E-state index in [0.717, 1.165) is 48.5 Å². The number of rotatable bonds is 16. The minimum Gasteiger partial charge on any atom is -0.367 e. The van der Waals surface area contributed by atoms with E-state index in [1.165, 1.54) is 48.5 Å². The summed E-state index contributed by atoms with van der Waals surface area (Å²) < 4.78 is 163. The van der Waals surface area contributed by atoms with Crippen molar-refractivity contribution in [2.45, 2.75) is 43.9 Å². The predicted molar refractivity (Wildman–Crippen MR) is 187 cm³/mol. The Bertz CT molecular complexity index is 2210. The maximum absolute atomic E-state index is 13.3. The highest BCUT2D eigenvalue weighted by Gasteiger charge is 2.35. The van der Waals surface area contributed by atoms with Crippen LogP contribution >= 0.6 is 0 Å². The van der Waals surface area contributed by atoms with Crippen LogP contribution in [0.2, 0.25) is 0 Å². The first-order chi connectivity index (χ1) is 23.6. The van der Waals surface area contributed by atoms with Gasteiger partial charge in [0.2, 0.25) is 9.84 Å². The Hall–Kier alpha value is -3.93. The van der Waals surface area contributed by atoms with E-state index in [4.69, 9.17) is 0 Å². The third-order valence-electron chi connectivity index (χ3n) is 7.62. The third kappa shape index (κ3) is 10.6. The zero-order chi connectivity index (χ0) is 37.8. The lowest BCUT2D eigenvalue weighted by Gasteiger charge is -2.22. The molecule has 0 aromatic heterocycles. The SMILES string of the molecule is O=S(=O)(c1ccc(N[C@@H](C[C@H](c2ccccc2)S(=O)(=O)O)S(=O)(=O)O)cc1)c1ccc(N[C@H](C[C@H](c2ccccc2)S(=O)(=O)O)S(=O)(=O)O)cc1. The van der Waals surface area contributed by atoms with Gasteiger partial charge in [-0.15, -0.1) is 0 Å². The molecule has 0 aliphatic rings. The van der Waals surface area contributed by atoms with Crippen molar-refractivity contribution in [3.8, 4) is 0 Å². The van der Waals surface area contributed by atoms with Crippen LogP contribution < -0.4 is 10.6 Å². The molecule has 6 N–H and O–H groups in total. The van der Waals surface area contributed by atoms with Gasteiger partial charge in [0, 0.05) is 24.2 Å². The molecule has 4 atom stereocenters. The monoisotopic (exact) mass is 804 g/mol. The van der Waals surface area contributed by atoms with Crippen LogP contribution in [-0.2, 0) is 50.3 Å². The Balaban J connectivity index is 1.53.